The monoisotopic (exact) mass is 427 g/mol. The number of ether oxygens (including phenoxy) is 2. The molecule has 30 heavy (non-hydrogen) atoms. The lowest BCUT2D eigenvalue weighted by molar-refractivity contribution is -0.118. The Hall–Kier alpha value is -2.64. The number of anilines is 1. The van der Waals surface area contributed by atoms with Gasteiger partial charge in [0.15, 0.2) is 18.1 Å². The van der Waals surface area contributed by atoms with Gasteiger partial charge in [-0.05, 0) is 50.7 Å². The van der Waals surface area contributed by atoms with Gasteiger partial charge in [-0.2, -0.15) is 0 Å². The number of carbonyl (C=O) groups is 1. The van der Waals surface area contributed by atoms with Crippen molar-refractivity contribution in [3.8, 4) is 11.5 Å². The zero-order chi connectivity index (χ0) is 21.5. The van der Waals surface area contributed by atoms with E-state index in [-0.39, 0.29) is 12.5 Å². The minimum atomic E-state index is -0.219. The zero-order valence-corrected chi connectivity index (χ0v) is 18.6. The number of nitrogens with zero attached hydrogens (tertiary/aromatic N) is 2. The van der Waals surface area contributed by atoms with Crippen LogP contribution in [0, 0.1) is 6.92 Å². The molecule has 0 aromatic heterocycles. The van der Waals surface area contributed by atoms with Crippen molar-refractivity contribution in [3.63, 3.8) is 0 Å². The van der Waals surface area contributed by atoms with Crippen molar-refractivity contribution in [2.45, 2.75) is 13.8 Å². The van der Waals surface area contributed by atoms with Crippen LogP contribution in [0.15, 0.2) is 42.5 Å². The molecule has 1 amide bonds. The Bertz CT molecular complexity index is 895. The molecule has 0 saturated carbocycles. The van der Waals surface area contributed by atoms with Gasteiger partial charge in [0.05, 0.1) is 6.61 Å². The second-order valence-corrected chi connectivity index (χ2v) is 7.73. The van der Waals surface area contributed by atoms with Crippen LogP contribution in [0.4, 0.5) is 5.69 Å². The number of thiocarbonyl (C=S) groups is 1. The maximum atomic E-state index is 12.3. The topological polar surface area (TPSA) is 54.0 Å². The van der Waals surface area contributed by atoms with Gasteiger partial charge in [-0.1, -0.05) is 30.4 Å². The normalized spacial score (nSPS) is 14.3. The van der Waals surface area contributed by atoms with Crippen molar-refractivity contribution < 1.29 is 14.3 Å². The Morgan fingerprint density at radius 3 is 2.50 bits per heavy atom. The molecule has 0 spiro atoms. The summed E-state index contributed by atoms with van der Waals surface area (Å²) in [7, 11) is 2.12. The number of benzene rings is 2. The molecule has 0 atom stereocenters. The number of hydrogen-bond acceptors (Lipinski definition) is 5. The fourth-order valence-corrected chi connectivity index (χ4v) is 3.57. The van der Waals surface area contributed by atoms with Crippen LogP contribution >= 0.6 is 12.2 Å². The number of likely N-dealkylation sites (N-methyl/N-ethyl adjacent to an activating group) is 1. The summed E-state index contributed by atoms with van der Waals surface area (Å²) in [6.45, 7) is 8.08. The first-order valence-electron chi connectivity index (χ1n) is 10.2. The van der Waals surface area contributed by atoms with E-state index in [1.54, 1.807) is 0 Å². The first kappa shape index (κ1) is 22.1. The summed E-state index contributed by atoms with van der Waals surface area (Å²) in [4.78, 5) is 17.6. The Labute approximate surface area is 183 Å². The maximum Gasteiger partial charge on any atom is 0.262 e. The van der Waals surface area contributed by atoms with Gasteiger partial charge >= 0.3 is 0 Å². The third kappa shape index (κ3) is 5.70. The molecule has 0 unspecified atom stereocenters. The third-order valence-corrected chi connectivity index (χ3v) is 5.55. The molecular weight excluding hydrogens is 398 g/mol. The first-order valence-corrected chi connectivity index (χ1v) is 10.6. The van der Waals surface area contributed by atoms with E-state index < -0.39 is 0 Å². The molecule has 0 aliphatic carbocycles. The molecule has 1 aliphatic rings. The van der Waals surface area contributed by atoms with E-state index in [2.05, 4.69) is 22.2 Å². The second kappa shape index (κ2) is 10.4. The lowest BCUT2D eigenvalue weighted by atomic mass is 10.1. The van der Waals surface area contributed by atoms with Gasteiger partial charge in [0.2, 0.25) is 0 Å². The van der Waals surface area contributed by atoms with E-state index in [1.807, 2.05) is 56.3 Å². The van der Waals surface area contributed by atoms with Gasteiger partial charge in [0.1, 0.15) is 4.99 Å². The quantitative estimate of drug-likeness (QED) is 0.684. The van der Waals surface area contributed by atoms with Gasteiger partial charge in [0, 0.05) is 37.4 Å². The predicted octanol–water partition coefficient (Wildman–Crippen LogP) is 3.33. The number of nitrogens with one attached hydrogen (secondary N) is 1. The average molecular weight is 428 g/mol. The van der Waals surface area contributed by atoms with Crippen molar-refractivity contribution in [2.24, 2.45) is 0 Å². The summed E-state index contributed by atoms with van der Waals surface area (Å²) < 4.78 is 11.5. The molecule has 1 fully saturated rings. The predicted molar refractivity (Wildman–Crippen MR) is 124 cm³/mol. The van der Waals surface area contributed by atoms with Gasteiger partial charge < -0.3 is 24.6 Å². The van der Waals surface area contributed by atoms with Crippen LogP contribution < -0.4 is 14.8 Å². The van der Waals surface area contributed by atoms with Crippen LogP contribution in [0.3, 0.4) is 0 Å². The second-order valence-electron chi connectivity index (χ2n) is 7.34. The lowest BCUT2D eigenvalue weighted by Gasteiger charge is -2.34. The molecule has 2 aromatic rings. The lowest BCUT2D eigenvalue weighted by Crippen LogP contribution is -2.46. The van der Waals surface area contributed by atoms with Gasteiger partial charge in [-0.25, -0.2) is 0 Å². The maximum absolute atomic E-state index is 12.3. The van der Waals surface area contributed by atoms with Crippen molar-refractivity contribution in [2.75, 3.05) is 51.8 Å². The molecule has 1 aliphatic heterocycles. The summed E-state index contributed by atoms with van der Waals surface area (Å²) in [6.07, 6.45) is 0. The Morgan fingerprint density at radius 2 is 1.80 bits per heavy atom. The number of carbonyl (C=O) groups excluding carboxylic acids is 1. The molecule has 160 valence electrons. The minimum Gasteiger partial charge on any atom is -0.490 e. The van der Waals surface area contributed by atoms with Crippen LogP contribution in [0.25, 0.3) is 0 Å². The SMILES string of the molecule is CCOc1cc(C(=S)N2CCN(C)CC2)ccc1OCC(=O)Nc1ccccc1C. The van der Waals surface area contributed by atoms with E-state index >= 15 is 0 Å². The van der Waals surface area contributed by atoms with E-state index in [0.717, 1.165) is 48.0 Å². The van der Waals surface area contributed by atoms with Gasteiger partial charge in [0.25, 0.3) is 5.91 Å². The summed E-state index contributed by atoms with van der Waals surface area (Å²) >= 11 is 5.70. The van der Waals surface area contributed by atoms with Crippen molar-refractivity contribution in [1.82, 2.24) is 9.80 Å². The Balaban J connectivity index is 1.65. The highest BCUT2D eigenvalue weighted by Crippen LogP contribution is 2.29. The van der Waals surface area contributed by atoms with Crippen LogP contribution in [-0.4, -0.2) is 67.1 Å². The molecule has 0 bridgehead atoms. The van der Waals surface area contributed by atoms with Crippen LogP contribution in [-0.2, 0) is 4.79 Å². The van der Waals surface area contributed by atoms with Crippen molar-refractivity contribution in [3.05, 3.63) is 53.6 Å². The van der Waals surface area contributed by atoms with Crippen LogP contribution in [0.1, 0.15) is 18.1 Å². The fraction of sp³-hybridized carbons (Fsp3) is 0.391. The largest absolute Gasteiger partial charge is 0.490 e. The number of hydrogen-bond donors (Lipinski definition) is 1. The molecule has 3 rings (SSSR count). The van der Waals surface area contributed by atoms with Crippen LogP contribution in [0.2, 0.25) is 0 Å². The molecule has 1 saturated heterocycles. The van der Waals surface area contributed by atoms with Gasteiger partial charge in [-0.3, -0.25) is 4.79 Å². The number of aryl methyl sites for hydroxylation is 1. The Morgan fingerprint density at radius 1 is 1.07 bits per heavy atom. The molecule has 6 nitrogen and oxygen atoms in total. The number of rotatable bonds is 7. The summed E-state index contributed by atoms with van der Waals surface area (Å²) in [5, 5.41) is 2.87. The molecule has 0 radical (unpaired) electrons. The summed E-state index contributed by atoms with van der Waals surface area (Å²) in [5.74, 6) is 0.903. The number of para-hydroxylation sites is 1. The highest BCUT2D eigenvalue weighted by molar-refractivity contribution is 7.80. The molecule has 2 aromatic carbocycles. The van der Waals surface area contributed by atoms with Crippen LogP contribution in [0.5, 0.6) is 11.5 Å². The number of amides is 1. The van der Waals surface area contributed by atoms with E-state index in [1.165, 1.54) is 0 Å². The third-order valence-electron chi connectivity index (χ3n) is 5.06. The molecular formula is C23H29N3O3S. The minimum absolute atomic E-state index is 0.101. The average Bonchev–Trinajstić information content (AvgIpc) is 2.75. The highest BCUT2D eigenvalue weighted by Gasteiger charge is 2.19. The standard InChI is InChI=1S/C23H29N3O3S/c1-4-28-21-15-18(23(30)26-13-11-25(3)12-14-26)9-10-20(21)29-16-22(27)24-19-8-6-5-7-17(19)2/h5-10,15H,4,11-14,16H2,1-3H3,(H,24,27). The zero-order valence-electron chi connectivity index (χ0n) is 17.8. The molecule has 7 heteroatoms. The van der Waals surface area contributed by atoms with Crippen molar-refractivity contribution >= 4 is 28.8 Å². The van der Waals surface area contributed by atoms with Gasteiger partial charge in [-0.15, -0.1) is 0 Å². The highest BCUT2D eigenvalue weighted by atomic mass is 32.1. The molecule has 1 N–H and O–H groups in total. The Kier molecular flexibility index (Phi) is 7.65. The molecule has 1 heterocycles. The summed E-state index contributed by atoms with van der Waals surface area (Å²) in [5.41, 5.74) is 2.71. The smallest absolute Gasteiger partial charge is 0.262 e. The number of piperazine rings is 1. The van der Waals surface area contributed by atoms with E-state index in [4.69, 9.17) is 21.7 Å². The van der Waals surface area contributed by atoms with Crippen molar-refractivity contribution in [1.29, 1.82) is 0 Å². The van der Waals surface area contributed by atoms with E-state index in [0.29, 0.717) is 18.1 Å². The van der Waals surface area contributed by atoms with E-state index in [9.17, 15) is 4.79 Å². The first-order chi connectivity index (χ1) is 14.5. The fourth-order valence-electron chi connectivity index (χ4n) is 3.26. The summed E-state index contributed by atoms with van der Waals surface area (Å²) in [6, 6.07) is 13.3.